The number of benzene rings is 2. The van der Waals surface area contributed by atoms with Gasteiger partial charge in [-0.1, -0.05) is 6.07 Å². The van der Waals surface area contributed by atoms with Crippen LogP contribution in [0.1, 0.15) is 26.4 Å². The van der Waals surface area contributed by atoms with E-state index in [1.807, 2.05) is 0 Å². The standard InChI is InChI=1S/C22H15N5O9/c28-19-15(21(31)32)5-12-6-17(18(27(34)35)7-16(12)25-19)26-8-14(23-10-26)9-36-22(33)24-13-3-1-2-11(4-13)20(29)30/h1-8,10H,9H2,(H,24,33)(H,25,28)(H,29,30)(H,31,32). The monoisotopic (exact) mass is 493 g/mol. The molecule has 2 aromatic carbocycles. The summed E-state index contributed by atoms with van der Waals surface area (Å²) in [6, 6.07) is 9.07. The van der Waals surface area contributed by atoms with Crippen molar-refractivity contribution in [2.24, 2.45) is 0 Å². The van der Waals surface area contributed by atoms with Crippen LogP contribution < -0.4 is 10.9 Å². The number of carboxylic acids is 2. The zero-order chi connectivity index (χ0) is 26.0. The van der Waals surface area contributed by atoms with Crippen molar-refractivity contribution in [1.82, 2.24) is 14.5 Å². The maximum Gasteiger partial charge on any atom is 0.412 e. The van der Waals surface area contributed by atoms with Crippen LogP contribution in [0, 0.1) is 10.1 Å². The molecular formula is C22H15N5O9. The molecule has 14 nitrogen and oxygen atoms in total. The molecule has 36 heavy (non-hydrogen) atoms. The number of amides is 1. The third kappa shape index (κ3) is 4.86. The Kier molecular flexibility index (Phi) is 6.15. The number of anilines is 1. The lowest BCUT2D eigenvalue weighted by Crippen LogP contribution is -2.17. The molecule has 182 valence electrons. The number of aromatic carboxylic acids is 2. The van der Waals surface area contributed by atoms with E-state index < -0.39 is 34.1 Å². The fourth-order valence-electron chi connectivity index (χ4n) is 3.34. The van der Waals surface area contributed by atoms with Crippen LogP contribution in [-0.4, -0.2) is 47.7 Å². The molecule has 0 fully saturated rings. The van der Waals surface area contributed by atoms with E-state index >= 15 is 0 Å². The molecule has 0 bridgehead atoms. The van der Waals surface area contributed by atoms with Crippen molar-refractivity contribution in [3.05, 3.63) is 92.3 Å². The van der Waals surface area contributed by atoms with Gasteiger partial charge in [0.05, 0.1) is 28.0 Å². The Morgan fingerprint density at radius 2 is 1.92 bits per heavy atom. The van der Waals surface area contributed by atoms with Gasteiger partial charge in [-0.3, -0.25) is 24.8 Å². The van der Waals surface area contributed by atoms with Gasteiger partial charge >= 0.3 is 18.0 Å². The first-order valence-electron chi connectivity index (χ1n) is 10.0. The molecule has 4 aromatic rings. The number of nitro benzene ring substituents is 1. The number of rotatable bonds is 7. The van der Waals surface area contributed by atoms with Crippen molar-refractivity contribution in [3.63, 3.8) is 0 Å². The van der Waals surface area contributed by atoms with E-state index in [4.69, 9.17) is 9.84 Å². The van der Waals surface area contributed by atoms with Gasteiger partial charge in [0, 0.05) is 23.3 Å². The van der Waals surface area contributed by atoms with Crippen molar-refractivity contribution in [2.45, 2.75) is 6.61 Å². The molecule has 2 aromatic heterocycles. The Hall–Kier alpha value is -5.53. The molecule has 0 unspecified atom stereocenters. The van der Waals surface area contributed by atoms with Crippen molar-refractivity contribution in [2.75, 3.05) is 5.32 Å². The van der Waals surface area contributed by atoms with E-state index in [2.05, 4.69) is 15.3 Å². The van der Waals surface area contributed by atoms with E-state index in [1.54, 1.807) is 0 Å². The molecule has 0 saturated carbocycles. The molecule has 0 aliphatic rings. The molecule has 2 heterocycles. The summed E-state index contributed by atoms with van der Waals surface area (Å²) < 4.78 is 6.36. The highest BCUT2D eigenvalue weighted by molar-refractivity contribution is 5.94. The first kappa shape index (κ1) is 23.6. The second-order valence-electron chi connectivity index (χ2n) is 7.36. The number of fused-ring (bicyclic) bond motifs is 1. The highest BCUT2D eigenvalue weighted by Gasteiger charge is 2.20. The highest BCUT2D eigenvalue weighted by atomic mass is 16.6. The Balaban J connectivity index is 1.56. The maximum absolute atomic E-state index is 12.1. The minimum absolute atomic E-state index is 0.0249. The van der Waals surface area contributed by atoms with Crippen LogP contribution in [0.5, 0.6) is 0 Å². The predicted molar refractivity (Wildman–Crippen MR) is 123 cm³/mol. The molecule has 14 heteroatoms. The number of nitrogens with one attached hydrogen (secondary N) is 2. The van der Waals surface area contributed by atoms with Gasteiger partial charge in [0.2, 0.25) is 0 Å². The van der Waals surface area contributed by atoms with Gasteiger partial charge in [-0.25, -0.2) is 19.4 Å². The Morgan fingerprint density at radius 1 is 1.14 bits per heavy atom. The highest BCUT2D eigenvalue weighted by Crippen LogP contribution is 2.28. The molecule has 0 spiro atoms. The number of hydrogen-bond donors (Lipinski definition) is 4. The number of carbonyl (C=O) groups is 3. The smallest absolute Gasteiger partial charge is 0.412 e. The first-order chi connectivity index (χ1) is 17.1. The van der Waals surface area contributed by atoms with Crippen LogP contribution in [0.3, 0.4) is 0 Å². The van der Waals surface area contributed by atoms with Crippen LogP contribution in [0.15, 0.2) is 59.8 Å². The Morgan fingerprint density at radius 3 is 2.61 bits per heavy atom. The molecule has 0 saturated heterocycles. The summed E-state index contributed by atoms with van der Waals surface area (Å²) in [6.45, 7) is -0.310. The summed E-state index contributed by atoms with van der Waals surface area (Å²) in [7, 11) is 0. The van der Waals surface area contributed by atoms with Gasteiger partial charge in [0.1, 0.15) is 17.9 Å². The summed E-state index contributed by atoms with van der Waals surface area (Å²) in [5.74, 6) is -2.61. The van der Waals surface area contributed by atoms with Crippen LogP contribution in [-0.2, 0) is 11.3 Å². The van der Waals surface area contributed by atoms with Gasteiger partial charge in [0.25, 0.3) is 11.2 Å². The summed E-state index contributed by atoms with van der Waals surface area (Å²) in [5.41, 5.74) is -1.29. The molecule has 4 rings (SSSR count). The zero-order valence-corrected chi connectivity index (χ0v) is 18.0. The lowest BCUT2D eigenvalue weighted by molar-refractivity contribution is -0.384. The van der Waals surface area contributed by atoms with E-state index in [9.17, 15) is 34.4 Å². The number of pyridine rings is 1. The number of hydrogen-bond acceptors (Lipinski definition) is 8. The molecule has 0 aliphatic carbocycles. The van der Waals surface area contributed by atoms with Crippen LogP contribution in [0.2, 0.25) is 0 Å². The van der Waals surface area contributed by atoms with E-state index in [0.29, 0.717) is 0 Å². The number of aromatic amines is 1. The SMILES string of the molecule is O=C(Nc1cccc(C(=O)O)c1)OCc1cn(-c2cc3cc(C(=O)O)c(=O)[nH]c3cc2[N+](=O)[O-])cn1. The summed E-state index contributed by atoms with van der Waals surface area (Å²) >= 11 is 0. The molecular weight excluding hydrogens is 478 g/mol. The van der Waals surface area contributed by atoms with Gasteiger partial charge in [-0.15, -0.1) is 0 Å². The van der Waals surface area contributed by atoms with E-state index in [-0.39, 0.29) is 45.8 Å². The average Bonchev–Trinajstić information content (AvgIpc) is 3.30. The van der Waals surface area contributed by atoms with Crippen molar-refractivity contribution in [3.8, 4) is 5.69 Å². The molecule has 1 amide bonds. The number of imidazole rings is 1. The van der Waals surface area contributed by atoms with Gasteiger partial charge in [0.15, 0.2) is 0 Å². The van der Waals surface area contributed by atoms with E-state index in [1.165, 1.54) is 47.4 Å². The second kappa shape index (κ2) is 9.38. The minimum atomic E-state index is -1.45. The predicted octanol–water partition coefficient (Wildman–Crippen LogP) is 2.77. The molecule has 0 atom stereocenters. The van der Waals surface area contributed by atoms with E-state index in [0.717, 1.165) is 12.1 Å². The zero-order valence-electron chi connectivity index (χ0n) is 18.0. The maximum atomic E-state index is 12.1. The Labute approximate surface area is 199 Å². The average molecular weight is 493 g/mol. The summed E-state index contributed by atoms with van der Waals surface area (Å²) in [6.07, 6.45) is 1.73. The third-order valence-corrected chi connectivity index (χ3v) is 4.99. The summed E-state index contributed by atoms with van der Waals surface area (Å²) in [5, 5.41) is 32.4. The number of ether oxygens (including phenoxy) is 1. The Bertz CT molecular complexity index is 1610. The number of aromatic nitrogens is 3. The number of carbonyl (C=O) groups excluding carboxylic acids is 1. The number of carboxylic acid groups (broad SMARTS) is 2. The molecule has 0 aliphatic heterocycles. The lowest BCUT2D eigenvalue weighted by atomic mass is 10.1. The second-order valence-corrected chi connectivity index (χ2v) is 7.36. The normalized spacial score (nSPS) is 10.7. The molecule has 0 radical (unpaired) electrons. The van der Waals surface area contributed by atoms with Crippen LogP contribution in [0.4, 0.5) is 16.2 Å². The number of nitro groups is 1. The van der Waals surface area contributed by atoms with Crippen molar-refractivity contribution < 1.29 is 34.3 Å². The minimum Gasteiger partial charge on any atom is -0.478 e. The fraction of sp³-hybridized carbons (Fsp3) is 0.0455. The summed E-state index contributed by atoms with van der Waals surface area (Å²) in [4.78, 5) is 63.6. The van der Waals surface area contributed by atoms with Gasteiger partial charge in [-0.05, 0) is 30.3 Å². The number of nitrogens with zero attached hydrogens (tertiary/aromatic N) is 3. The van der Waals surface area contributed by atoms with Gasteiger partial charge < -0.3 is 19.9 Å². The third-order valence-electron chi connectivity index (χ3n) is 4.99. The van der Waals surface area contributed by atoms with Crippen LogP contribution >= 0.6 is 0 Å². The fourth-order valence-corrected chi connectivity index (χ4v) is 3.34. The van der Waals surface area contributed by atoms with Gasteiger partial charge in [-0.2, -0.15) is 0 Å². The van der Waals surface area contributed by atoms with Crippen LogP contribution in [0.25, 0.3) is 16.6 Å². The van der Waals surface area contributed by atoms with Crippen molar-refractivity contribution in [1.29, 1.82) is 0 Å². The number of H-pyrrole nitrogens is 1. The molecule has 4 N–H and O–H groups in total. The topological polar surface area (TPSA) is 207 Å². The van der Waals surface area contributed by atoms with Crippen molar-refractivity contribution >= 4 is 40.3 Å². The quantitative estimate of drug-likeness (QED) is 0.219. The lowest BCUT2D eigenvalue weighted by Gasteiger charge is -2.07. The first-order valence-corrected chi connectivity index (χ1v) is 10.0. The largest absolute Gasteiger partial charge is 0.478 e.